The highest BCUT2D eigenvalue weighted by atomic mass is 32.2. The first-order valence-corrected chi connectivity index (χ1v) is 9.39. The van der Waals surface area contributed by atoms with Crippen molar-refractivity contribution in [2.75, 3.05) is 12.4 Å². The van der Waals surface area contributed by atoms with Crippen LogP contribution in [0.15, 0.2) is 30.3 Å². The number of nitrogens with one attached hydrogen (secondary N) is 1. The van der Waals surface area contributed by atoms with E-state index in [9.17, 15) is 13.5 Å². The fraction of sp³-hybridized carbons (Fsp3) is 0.625. The summed E-state index contributed by atoms with van der Waals surface area (Å²) in [5.74, 6) is 0.463. The van der Waals surface area contributed by atoms with Gasteiger partial charge in [-0.25, -0.2) is 13.1 Å². The molecule has 1 atom stereocenters. The van der Waals surface area contributed by atoms with Gasteiger partial charge in [0.2, 0.25) is 10.0 Å². The van der Waals surface area contributed by atoms with Crippen LogP contribution in [0.25, 0.3) is 0 Å². The van der Waals surface area contributed by atoms with E-state index in [1.807, 2.05) is 30.3 Å². The van der Waals surface area contributed by atoms with Crippen LogP contribution < -0.4 is 4.72 Å². The van der Waals surface area contributed by atoms with E-state index >= 15 is 0 Å². The lowest BCUT2D eigenvalue weighted by Crippen LogP contribution is -2.41. The Balaban J connectivity index is 1.90. The van der Waals surface area contributed by atoms with E-state index in [-0.39, 0.29) is 18.3 Å². The van der Waals surface area contributed by atoms with Crippen molar-refractivity contribution in [1.29, 1.82) is 0 Å². The molecule has 0 radical (unpaired) electrons. The summed E-state index contributed by atoms with van der Waals surface area (Å²) >= 11 is 0. The highest BCUT2D eigenvalue weighted by molar-refractivity contribution is 7.89. The van der Waals surface area contributed by atoms with E-state index < -0.39 is 16.1 Å². The van der Waals surface area contributed by atoms with E-state index in [1.165, 1.54) is 6.42 Å². The summed E-state index contributed by atoms with van der Waals surface area (Å²) in [7, 11) is -3.32. The van der Waals surface area contributed by atoms with Gasteiger partial charge in [0.15, 0.2) is 0 Å². The second-order valence-electron chi connectivity index (χ2n) is 5.97. The Morgan fingerprint density at radius 1 is 1.14 bits per heavy atom. The monoisotopic (exact) mass is 311 g/mol. The summed E-state index contributed by atoms with van der Waals surface area (Å²) in [6, 6.07) is 9.20. The van der Waals surface area contributed by atoms with Gasteiger partial charge in [0.1, 0.15) is 0 Å². The zero-order chi connectivity index (χ0) is 15.1. The van der Waals surface area contributed by atoms with Gasteiger partial charge in [0, 0.05) is 6.04 Å². The molecule has 1 saturated carbocycles. The maximum absolute atomic E-state index is 12.2. The summed E-state index contributed by atoms with van der Waals surface area (Å²) in [4.78, 5) is 0. The molecular formula is C16H25NO3S. The molecule has 4 nitrogen and oxygen atoms in total. The molecule has 0 aromatic heterocycles. The number of aliphatic hydroxyl groups is 1. The van der Waals surface area contributed by atoms with Crippen LogP contribution in [0.2, 0.25) is 0 Å². The number of hydrogen-bond acceptors (Lipinski definition) is 3. The Hall–Kier alpha value is -0.910. The maximum atomic E-state index is 12.2. The summed E-state index contributed by atoms with van der Waals surface area (Å²) in [6.07, 6.45) is 6.01. The van der Waals surface area contributed by atoms with Crippen molar-refractivity contribution in [2.24, 2.45) is 5.92 Å². The summed E-state index contributed by atoms with van der Waals surface area (Å²) in [6.45, 7) is -0.182. The van der Waals surface area contributed by atoms with Crippen LogP contribution in [0.5, 0.6) is 0 Å². The van der Waals surface area contributed by atoms with Crippen molar-refractivity contribution >= 4 is 10.0 Å². The zero-order valence-corrected chi connectivity index (χ0v) is 13.2. The van der Waals surface area contributed by atoms with Crippen LogP contribution in [0.3, 0.4) is 0 Å². The Labute approximate surface area is 127 Å². The molecule has 1 aliphatic carbocycles. The van der Waals surface area contributed by atoms with Gasteiger partial charge >= 0.3 is 0 Å². The Morgan fingerprint density at radius 2 is 1.81 bits per heavy atom. The molecule has 0 amide bonds. The van der Waals surface area contributed by atoms with Crippen LogP contribution in [0.4, 0.5) is 0 Å². The first-order valence-electron chi connectivity index (χ1n) is 7.74. The van der Waals surface area contributed by atoms with Crippen molar-refractivity contribution in [3.05, 3.63) is 35.9 Å². The van der Waals surface area contributed by atoms with Gasteiger partial charge in [-0.15, -0.1) is 0 Å². The Morgan fingerprint density at radius 3 is 2.43 bits per heavy atom. The minimum Gasteiger partial charge on any atom is -0.395 e. The van der Waals surface area contributed by atoms with Crippen molar-refractivity contribution < 1.29 is 13.5 Å². The normalized spacial score (nSPS) is 18.5. The smallest absolute Gasteiger partial charge is 0.212 e. The van der Waals surface area contributed by atoms with Gasteiger partial charge in [-0.1, -0.05) is 49.6 Å². The van der Waals surface area contributed by atoms with E-state index in [4.69, 9.17) is 0 Å². The number of hydrogen-bond donors (Lipinski definition) is 2. The van der Waals surface area contributed by atoms with Gasteiger partial charge in [-0.2, -0.15) is 0 Å². The van der Waals surface area contributed by atoms with Crippen LogP contribution in [-0.4, -0.2) is 31.9 Å². The van der Waals surface area contributed by atoms with Gasteiger partial charge in [-0.3, -0.25) is 0 Å². The minimum absolute atomic E-state index is 0.182. The van der Waals surface area contributed by atoms with E-state index in [1.54, 1.807) is 0 Å². The number of benzene rings is 1. The third-order valence-corrected chi connectivity index (χ3v) is 5.67. The first kappa shape index (κ1) is 16.5. The fourth-order valence-electron chi connectivity index (χ4n) is 3.01. The fourth-order valence-corrected chi connectivity index (χ4v) is 4.72. The molecule has 0 bridgehead atoms. The summed E-state index contributed by atoms with van der Waals surface area (Å²) < 4.78 is 27.1. The molecule has 0 saturated heterocycles. The third-order valence-electron chi connectivity index (χ3n) is 4.07. The highest BCUT2D eigenvalue weighted by Crippen LogP contribution is 2.24. The molecular weight excluding hydrogens is 286 g/mol. The molecule has 1 aromatic rings. The number of rotatable bonds is 7. The molecule has 0 spiro atoms. The van der Waals surface area contributed by atoms with E-state index in [2.05, 4.69) is 4.72 Å². The predicted octanol–water partition coefficient (Wildman–Crippen LogP) is 2.09. The van der Waals surface area contributed by atoms with Crippen molar-refractivity contribution in [1.82, 2.24) is 4.72 Å². The predicted molar refractivity (Wildman–Crippen MR) is 84.5 cm³/mol. The number of sulfonamides is 1. The third kappa shape index (κ3) is 5.77. The Bertz CT molecular complexity index is 510. The Kier molecular flexibility index (Phi) is 6.21. The van der Waals surface area contributed by atoms with Gasteiger partial charge in [0.25, 0.3) is 0 Å². The lowest BCUT2D eigenvalue weighted by Gasteiger charge is -2.23. The van der Waals surface area contributed by atoms with Crippen LogP contribution in [-0.2, 0) is 16.4 Å². The second-order valence-corrected chi connectivity index (χ2v) is 7.77. The summed E-state index contributed by atoms with van der Waals surface area (Å²) in [5.41, 5.74) is 1.02. The average molecular weight is 311 g/mol. The quantitative estimate of drug-likeness (QED) is 0.810. The molecule has 1 aliphatic rings. The van der Waals surface area contributed by atoms with Crippen molar-refractivity contribution in [3.63, 3.8) is 0 Å². The molecule has 2 rings (SSSR count). The maximum Gasteiger partial charge on any atom is 0.212 e. The SMILES string of the molecule is O=S(=O)(CC1CCCCC1)N[C@H](CO)Cc1ccccc1. The van der Waals surface area contributed by atoms with Crippen LogP contribution >= 0.6 is 0 Å². The van der Waals surface area contributed by atoms with Crippen molar-refractivity contribution in [2.45, 2.75) is 44.6 Å². The van der Waals surface area contributed by atoms with Crippen molar-refractivity contribution in [3.8, 4) is 0 Å². The molecule has 0 unspecified atom stereocenters. The van der Waals surface area contributed by atoms with Gasteiger partial charge < -0.3 is 5.11 Å². The van der Waals surface area contributed by atoms with Crippen LogP contribution in [0.1, 0.15) is 37.7 Å². The molecule has 0 heterocycles. The van der Waals surface area contributed by atoms with Crippen LogP contribution in [0, 0.1) is 5.92 Å². The largest absolute Gasteiger partial charge is 0.395 e. The molecule has 1 fully saturated rings. The minimum atomic E-state index is -3.32. The topological polar surface area (TPSA) is 66.4 Å². The highest BCUT2D eigenvalue weighted by Gasteiger charge is 2.23. The second kappa shape index (κ2) is 7.92. The van der Waals surface area contributed by atoms with Gasteiger partial charge in [-0.05, 0) is 30.7 Å². The molecule has 1 aromatic carbocycles. The molecule has 0 aliphatic heterocycles. The average Bonchev–Trinajstić information content (AvgIpc) is 2.48. The summed E-state index contributed by atoms with van der Waals surface area (Å²) in [5, 5.41) is 9.43. The molecule has 2 N–H and O–H groups in total. The number of aliphatic hydroxyl groups excluding tert-OH is 1. The molecule has 5 heteroatoms. The lowest BCUT2D eigenvalue weighted by atomic mass is 9.91. The standard InChI is InChI=1S/C16H25NO3S/c18-12-16(11-14-7-3-1-4-8-14)17-21(19,20)13-15-9-5-2-6-10-15/h1,3-4,7-8,15-18H,2,5-6,9-13H2/t16-/m0/s1. The van der Waals surface area contributed by atoms with Gasteiger partial charge in [0.05, 0.1) is 12.4 Å². The van der Waals surface area contributed by atoms with E-state index in [0.29, 0.717) is 6.42 Å². The zero-order valence-electron chi connectivity index (χ0n) is 12.4. The lowest BCUT2D eigenvalue weighted by molar-refractivity contribution is 0.255. The molecule has 118 valence electrons. The first-order chi connectivity index (χ1) is 10.1. The van der Waals surface area contributed by atoms with E-state index in [0.717, 1.165) is 31.2 Å². The molecule has 21 heavy (non-hydrogen) atoms.